The lowest BCUT2D eigenvalue weighted by Crippen LogP contribution is -1.78. The zero-order chi connectivity index (χ0) is 12.7. The molecule has 1 nitrogen and oxygen atoms in total. The second kappa shape index (κ2) is 4.18. The molecule has 0 bridgehead atoms. The smallest absolute Gasteiger partial charge is 0.0361 e. The summed E-state index contributed by atoms with van der Waals surface area (Å²) in [4.78, 5) is 4.19. The summed E-state index contributed by atoms with van der Waals surface area (Å²) in [6.07, 6.45) is 3.70. The first-order valence-corrected chi connectivity index (χ1v) is 6.97. The van der Waals surface area contributed by atoms with Crippen LogP contribution in [0.4, 0.5) is 0 Å². The Labute approximate surface area is 115 Å². The van der Waals surface area contributed by atoms with E-state index < -0.39 is 0 Å². The van der Waals surface area contributed by atoms with E-state index in [1.807, 2.05) is 35.7 Å². The fraction of sp³-hybridized carbons (Fsp3) is 0. The van der Waals surface area contributed by atoms with Gasteiger partial charge in [0.2, 0.25) is 0 Å². The second-order valence-electron chi connectivity index (χ2n) is 4.46. The molecule has 0 atom stereocenters. The fourth-order valence-electron chi connectivity index (χ4n) is 2.36. The molecule has 2 aromatic heterocycles. The highest BCUT2D eigenvalue weighted by Crippen LogP contribution is 2.35. The number of nitrogens with zero attached hydrogens (tertiary/aromatic N) is 1. The zero-order valence-corrected chi connectivity index (χ0v) is 10.9. The van der Waals surface area contributed by atoms with Gasteiger partial charge in [0.05, 0.1) is 0 Å². The van der Waals surface area contributed by atoms with Gasteiger partial charge in [-0.2, -0.15) is 0 Å². The van der Waals surface area contributed by atoms with Gasteiger partial charge < -0.3 is 0 Å². The highest BCUT2D eigenvalue weighted by molar-refractivity contribution is 7.25. The van der Waals surface area contributed by atoms with Crippen molar-refractivity contribution in [3.63, 3.8) is 0 Å². The number of rotatable bonds is 1. The largest absolute Gasteiger partial charge is 0.264 e. The molecule has 0 spiro atoms. The van der Waals surface area contributed by atoms with E-state index in [1.54, 1.807) is 6.20 Å². The Morgan fingerprint density at radius 1 is 0.947 bits per heavy atom. The van der Waals surface area contributed by atoms with E-state index in [9.17, 15) is 0 Å². The van der Waals surface area contributed by atoms with Gasteiger partial charge in [-0.1, -0.05) is 24.3 Å². The Kier molecular flexibility index (Phi) is 2.35. The maximum atomic E-state index is 4.19. The monoisotopic (exact) mass is 260 g/mol. The zero-order valence-electron chi connectivity index (χ0n) is 10.1. The molecule has 2 heteroatoms. The van der Waals surface area contributed by atoms with Crippen LogP contribution in [0.5, 0.6) is 0 Å². The molecule has 2 aromatic carbocycles. The Bertz CT molecular complexity index is 862. The SMILES string of the molecule is [c]1cccc2sc3ccc(-c4cccnc4)cc3c12. The minimum absolute atomic E-state index is 1.15. The second-order valence-corrected chi connectivity index (χ2v) is 5.55. The molecule has 0 fully saturated rings. The number of aromatic nitrogens is 1. The summed E-state index contributed by atoms with van der Waals surface area (Å²) in [5.41, 5.74) is 2.36. The summed E-state index contributed by atoms with van der Waals surface area (Å²) < 4.78 is 2.60. The predicted molar refractivity (Wildman–Crippen MR) is 81.4 cm³/mol. The average Bonchev–Trinajstić information content (AvgIpc) is 2.86. The minimum atomic E-state index is 1.15. The fourth-order valence-corrected chi connectivity index (χ4v) is 3.42. The van der Waals surface area contributed by atoms with Gasteiger partial charge in [0.1, 0.15) is 0 Å². The molecule has 0 N–H and O–H groups in total. The summed E-state index contributed by atoms with van der Waals surface area (Å²) in [5, 5.41) is 2.50. The van der Waals surface area contributed by atoms with Gasteiger partial charge in [0, 0.05) is 38.1 Å². The van der Waals surface area contributed by atoms with Crippen LogP contribution in [0.3, 0.4) is 0 Å². The van der Waals surface area contributed by atoms with Gasteiger partial charge in [-0.15, -0.1) is 11.3 Å². The van der Waals surface area contributed by atoms with E-state index in [2.05, 4.69) is 41.4 Å². The van der Waals surface area contributed by atoms with Crippen LogP contribution >= 0.6 is 11.3 Å². The molecule has 0 saturated heterocycles. The van der Waals surface area contributed by atoms with Crippen molar-refractivity contribution in [3.05, 3.63) is 67.0 Å². The van der Waals surface area contributed by atoms with Gasteiger partial charge in [0.15, 0.2) is 0 Å². The standard InChI is InChI=1S/C17H10NS/c1-2-6-16-14(5-1)15-10-12(7-8-17(15)19-16)13-4-3-9-18-11-13/h1-4,6-11H. The first-order chi connectivity index (χ1) is 9.42. The lowest BCUT2D eigenvalue weighted by molar-refractivity contribution is 1.33. The summed E-state index contributed by atoms with van der Waals surface area (Å²) in [5.74, 6) is 0. The molecular weight excluding hydrogens is 250 g/mol. The van der Waals surface area contributed by atoms with Crippen molar-refractivity contribution < 1.29 is 0 Å². The maximum absolute atomic E-state index is 4.19. The third kappa shape index (κ3) is 1.72. The van der Waals surface area contributed by atoms with Crippen LogP contribution in [0.1, 0.15) is 0 Å². The van der Waals surface area contributed by atoms with Crippen LogP contribution in [0, 0.1) is 6.07 Å². The van der Waals surface area contributed by atoms with Crippen molar-refractivity contribution in [1.29, 1.82) is 0 Å². The number of thiophene rings is 1. The summed E-state index contributed by atoms with van der Waals surface area (Å²) in [6, 6.07) is 20.2. The lowest BCUT2D eigenvalue weighted by Gasteiger charge is -2.01. The van der Waals surface area contributed by atoms with Crippen molar-refractivity contribution in [3.8, 4) is 11.1 Å². The lowest BCUT2D eigenvalue weighted by atomic mass is 10.0. The van der Waals surface area contributed by atoms with E-state index in [0.29, 0.717) is 0 Å². The average molecular weight is 260 g/mol. The first kappa shape index (κ1) is 10.7. The van der Waals surface area contributed by atoms with E-state index >= 15 is 0 Å². The summed E-state index contributed by atoms with van der Waals surface area (Å²) in [6.45, 7) is 0. The Hall–Kier alpha value is -2.19. The van der Waals surface area contributed by atoms with Crippen molar-refractivity contribution in [1.82, 2.24) is 4.98 Å². The molecule has 0 aliphatic heterocycles. The van der Waals surface area contributed by atoms with Crippen molar-refractivity contribution in [2.24, 2.45) is 0 Å². The number of pyridine rings is 1. The molecule has 4 rings (SSSR count). The van der Waals surface area contributed by atoms with Gasteiger partial charge in [-0.05, 0) is 35.9 Å². The highest BCUT2D eigenvalue weighted by Gasteiger charge is 2.06. The Balaban J connectivity index is 2.03. The molecular formula is C17H10NS. The molecule has 89 valence electrons. The van der Waals surface area contributed by atoms with Crippen LogP contribution < -0.4 is 0 Å². The minimum Gasteiger partial charge on any atom is -0.264 e. The molecule has 0 aliphatic carbocycles. The number of hydrogen-bond acceptors (Lipinski definition) is 2. The third-order valence-corrected chi connectivity index (χ3v) is 4.42. The van der Waals surface area contributed by atoms with Crippen LogP contribution in [-0.2, 0) is 0 Å². The molecule has 19 heavy (non-hydrogen) atoms. The molecule has 4 aromatic rings. The topological polar surface area (TPSA) is 12.9 Å². The first-order valence-electron chi connectivity index (χ1n) is 6.15. The van der Waals surface area contributed by atoms with Gasteiger partial charge in [-0.25, -0.2) is 0 Å². The van der Waals surface area contributed by atoms with Gasteiger partial charge >= 0.3 is 0 Å². The van der Waals surface area contributed by atoms with Crippen LogP contribution in [0.25, 0.3) is 31.3 Å². The Morgan fingerprint density at radius 3 is 2.84 bits per heavy atom. The Morgan fingerprint density at radius 2 is 1.95 bits per heavy atom. The van der Waals surface area contributed by atoms with Crippen LogP contribution in [0.2, 0.25) is 0 Å². The highest BCUT2D eigenvalue weighted by atomic mass is 32.1. The molecule has 0 saturated carbocycles. The van der Waals surface area contributed by atoms with Crippen molar-refractivity contribution in [2.75, 3.05) is 0 Å². The van der Waals surface area contributed by atoms with Crippen molar-refractivity contribution >= 4 is 31.5 Å². The predicted octanol–water partition coefficient (Wildman–Crippen LogP) is 4.92. The van der Waals surface area contributed by atoms with E-state index in [1.165, 1.54) is 25.7 Å². The molecule has 2 heterocycles. The number of fused-ring (bicyclic) bond motifs is 3. The van der Waals surface area contributed by atoms with Gasteiger partial charge in [0.25, 0.3) is 0 Å². The molecule has 0 aliphatic rings. The van der Waals surface area contributed by atoms with E-state index in [0.717, 1.165) is 5.56 Å². The molecule has 1 radical (unpaired) electrons. The van der Waals surface area contributed by atoms with E-state index in [-0.39, 0.29) is 0 Å². The summed E-state index contributed by atoms with van der Waals surface area (Å²) in [7, 11) is 0. The third-order valence-electron chi connectivity index (χ3n) is 3.28. The van der Waals surface area contributed by atoms with Gasteiger partial charge in [-0.3, -0.25) is 4.98 Å². The quantitative estimate of drug-likeness (QED) is 0.473. The molecule has 0 unspecified atom stereocenters. The number of benzene rings is 2. The normalized spacial score (nSPS) is 11.2. The molecule has 0 amide bonds. The number of hydrogen-bond donors (Lipinski definition) is 0. The van der Waals surface area contributed by atoms with Crippen molar-refractivity contribution in [2.45, 2.75) is 0 Å². The van der Waals surface area contributed by atoms with Crippen LogP contribution in [-0.4, -0.2) is 4.98 Å². The summed E-state index contributed by atoms with van der Waals surface area (Å²) >= 11 is 1.82. The van der Waals surface area contributed by atoms with E-state index in [4.69, 9.17) is 0 Å². The maximum Gasteiger partial charge on any atom is 0.0361 e. The van der Waals surface area contributed by atoms with Crippen LogP contribution in [0.15, 0.2) is 60.9 Å².